The Labute approximate surface area is 157 Å². The van der Waals surface area contributed by atoms with Gasteiger partial charge < -0.3 is 5.32 Å². The molecule has 0 aliphatic heterocycles. The lowest BCUT2D eigenvalue weighted by atomic mass is 10.1. The number of rotatable bonds is 5. The van der Waals surface area contributed by atoms with Crippen LogP contribution in [-0.2, 0) is 6.54 Å². The van der Waals surface area contributed by atoms with Crippen molar-refractivity contribution in [3.05, 3.63) is 86.1 Å². The third kappa shape index (κ3) is 4.15. The molecular formula is C18H15BrN4O3. The third-order valence-electron chi connectivity index (χ3n) is 3.80. The van der Waals surface area contributed by atoms with Crippen LogP contribution in [0.5, 0.6) is 0 Å². The van der Waals surface area contributed by atoms with Gasteiger partial charge in [0.25, 0.3) is 11.6 Å². The van der Waals surface area contributed by atoms with Gasteiger partial charge in [-0.25, -0.2) is 0 Å². The molecule has 0 unspecified atom stereocenters. The van der Waals surface area contributed by atoms with Gasteiger partial charge in [-0.05, 0) is 36.8 Å². The number of carbonyl (C=O) groups excluding carboxylic acids is 1. The maximum atomic E-state index is 12.3. The van der Waals surface area contributed by atoms with Crippen LogP contribution >= 0.6 is 15.9 Å². The first kappa shape index (κ1) is 17.8. The number of nitrogens with one attached hydrogen (secondary N) is 1. The number of carbonyl (C=O) groups is 1. The summed E-state index contributed by atoms with van der Waals surface area (Å²) in [5, 5.41) is 17.8. The van der Waals surface area contributed by atoms with Crippen LogP contribution in [0.15, 0.2) is 59.3 Å². The van der Waals surface area contributed by atoms with E-state index in [4.69, 9.17) is 0 Å². The second kappa shape index (κ2) is 7.49. The first-order valence-electron chi connectivity index (χ1n) is 7.75. The Morgan fingerprint density at radius 3 is 2.65 bits per heavy atom. The molecule has 0 spiro atoms. The Hall–Kier alpha value is -3.00. The lowest BCUT2D eigenvalue weighted by molar-refractivity contribution is -0.385. The first-order valence-corrected chi connectivity index (χ1v) is 8.55. The van der Waals surface area contributed by atoms with Crippen molar-refractivity contribution >= 4 is 33.2 Å². The Morgan fingerprint density at radius 1 is 1.27 bits per heavy atom. The number of halogens is 1. The Bertz CT molecular complexity index is 967. The fourth-order valence-corrected chi connectivity index (χ4v) is 2.76. The highest BCUT2D eigenvalue weighted by Gasteiger charge is 2.14. The second-order valence-corrected chi connectivity index (χ2v) is 6.68. The molecule has 1 N–H and O–H groups in total. The molecular weight excluding hydrogens is 400 g/mol. The van der Waals surface area contributed by atoms with Gasteiger partial charge in [0.1, 0.15) is 0 Å². The Morgan fingerprint density at radius 2 is 2.00 bits per heavy atom. The minimum atomic E-state index is -0.469. The van der Waals surface area contributed by atoms with E-state index in [1.54, 1.807) is 24.0 Å². The van der Waals surface area contributed by atoms with Crippen LogP contribution in [0.25, 0.3) is 0 Å². The fourth-order valence-electron chi connectivity index (χ4n) is 2.50. The van der Waals surface area contributed by atoms with E-state index in [-0.39, 0.29) is 11.6 Å². The molecule has 0 radical (unpaired) electrons. The number of nitro groups is 1. The summed E-state index contributed by atoms with van der Waals surface area (Å²) in [5.74, 6) is -0.341. The molecule has 0 bridgehead atoms. The predicted molar refractivity (Wildman–Crippen MR) is 101 cm³/mol. The number of aryl methyl sites for hydroxylation is 1. The van der Waals surface area contributed by atoms with Crippen molar-refractivity contribution in [2.45, 2.75) is 13.5 Å². The molecule has 0 saturated carbocycles. The third-order valence-corrected chi connectivity index (χ3v) is 4.33. The molecule has 26 heavy (non-hydrogen) atoms. The summed E-state index contributed by atoms with van der Waals surface area (Å²) >= 11 is 3.39. The molecule has 0 aliphatic carbocycles. The largest absolute Gasteiger partial charge is 0.319 e. The monoisotopic (exact) mass is 414 g/mol. The van der Waals surface area contributed by atoms with Crippen LogP contribution in [-0.4, -0.2) is 20.6 Å². The SMILES string of the molecule is Cc1cc(C(=O)Nc2cnn(Cc3ccc(Br)cc3)c2)ccc1[N+](=O)[O-]. The highest BCUT2D eigenvalue weighted by atomic mass is 79.9. The standard InChI is InChI=1S/C18H15BrN4O3/c1-12-8-14(4-7-17(12)23(25)26)18(24)21-16-9-20-22(11-16)10-13-2-5-15(19)6-3-13/h2-9,11H,10H2,1H3,(H,21,24). The van der Waals surface area contributed by atoms with Gasteiger partial charge in [-0.3, -0.25) is 19.6 Å². The van der Waals surface area contributed by atoms with Crippen LogP contribution in [0.4, 0.5) is 11.4 Å². The zero-order valence-electron chi connectivity index (χ0n) is 13.8. The summed E-state index contributed by atoms with van der Waals surface area (Å²) in [6.45, 7) is 2.19. The zero-order valence-corrected chi connectivity index (χ0v) is 15.4. The second-order valence-electron chi connectivity index (χ2n) is 5.77. The maximum absolute atomic E-state index is 12.3. The summed E-state index contributed by atoms with van der Waals surface area (Å²) in [6.07, 6.45) is 3.30. The maximum Gasteiger partial charge on any atom is 0.272 e. The van der Waals surface area contributed by atoms with Crippen molar-refractivity contribution in [1.82, 2.24) is 9.78 Å². The van der Waals surface area contributed by atoms with E-state index < -0.39 is 4.92 Å². The Balaban J connectivity index is 1.68. The van der Waals surface area contributed by atoms with E-state index in [1.165, 1.54) is 18.2 Å². The lowest BCUT2D eigenvalue weighted by Crippen LogP contribution is -2.12. The van der Waals surface area contributed by atoms with Crippen molar-refractivity contribution in [2.24, 2.45) is 0 Å². The normalized spacial score (nSPS) is 10.5. The van der Waals surface area contributed by atoms with Crippen LogP contribution in [0.1, 0.15) is 21.5 Å². The van der Waals surface area contributed by atoms with Gasteiger partial charge in [0.15, 0.2) is 0 Å². The van der Waals surface area contributed by atoms with Crippen LogP contribution in [0, 0.1) is 17.0 Å². The molecule has 2 aromatic carbocycles. The molecule has 0 aliphatic rings. The minimum absolute atomic E-state index is 0.0103. The molecule has 1 aromatic heterocycles. The molecule has 3 aromatic rings. The van der Waals surface area contributed by atoms with Gasteiger partial charge >= 0.3 is 0 Å². The molecule has 0 saturated heterocycles. The summed E-state index contributed by atoms with van der Waals surface area (Å²) in [5.41, 5.74) is 2.43. The first-order chi connectivity index (χ1) is 12.4. The highest BCUT2D eigenvalue weighted by molar-refractivity contribution is 9.10. The van der Waals surface area contributed by atoms with Gasteiger partial charge in [-0.1, -0.05) is 28.1 Å². The molecule has 1 heterocycles. The predicted octanol–water partition coefficient (Wildman–Crippen LogP) is 4.16. The molecule has 7 nitrogen and oxygen atoms in total. The average Bonchev–Trinajstić information content (AvgIpc) is 3.03. The van der Waals surface area contributed by atoms with Crippen LogP contribution in [0.2, 0.25) is 0 Å². The minimum Gasteiger partial charge on any atom is -0.319 e. The van der Waals surface area contributed by atoms with E-state index in [0.29, 0.717) is 23.4 Å². The Kier molecular flexibility index (Phi) is 5.13. The molecule has 0 atom stereocenters. The smallest absolute Gasteiger partial charge is 0.272 e. The molecule has 1 amide bonds. The number of amides is 1. The topological polar surface area (TPSA) is 90.1 Å². The average molecular weight is 415 g/mol. The molecule has 8 heteroatoms. The lowest BCUT2D eigenvalue weighted by Gasteiger charge is -2.04. The number of benzene rings is 2. The number of nitrogens with zero attached hydrogens (tertiary/aromatic N) is 3. The van der Waals surface area contributed by atoms with Gasteiger partial charge in [-0.2, -0.15) is 5.10 Å². The number of nitro benzene ring substituents is 1. The molecule has 0 fully saturated rings. The van der Waals surface area contributed by atoms with Gasteiger partial charge in [0.05, 0.1) is 23.4 Å². The van der Waals surface area contributed by atoms with Gasteiger partial charge in [0, 0.05) is 27.9 Å². The summed E-state index contributed by atoms with van der Waals surface area (Å²) < 4.78 is 2.73. The molecule has 132 valence electrons. The van der Waals surface area contributed by atoms with Crippen molar-refractivity contribution in [2.75, 3.05) is 5.32 Å². The van der Waals surface area contributed by atoms with Gasteiger partial charge in [-0.15, -0.1) is 0 Å². The van der Waals surface area contributed by atoms with Crippen molar-refractivity contribution in [3.63, 3.8) is 0 Å². The van der Waals surface area contributed by atoms with E-state index >= 15 is 0 Å². The zero-order chi connectivity index (χ0) is 18.7. The van der Waals surface area contributed by atoms with E-state index in [9.17, 15) is 14.9 Å². The van der Waals surface area contributed by atoms with Crippen LogP contribution in [0.3, 0.4) is 0 Å². The van der Waals surface area contributed by atoms with E-state index in [2.05, 4.69) is 26.3 Å². The van der Waals surface area contributed by atoms with Crippen molar-refractivity contribution in [1.29, 1.82) is 0 Å². The van der Waals surface area contributed by atoms with Crippen LogP contribution < -0.4 is 5.32 Å². The molecule has 3 rings (SSSR count). The number of aromatic nitrogens is 2. The van der Waals surface area contributed by atoms with Crippen molar-refractivity contribution < 1.29 is 9.72 Å². The number of hydrogen-bond acceptors (Lipinski definition) is 4. The number of hydrogen-bond donors (Lipinski definition) is 1. The highest BCUT2D eigenvalue weighted by Crippen LogP contribution is 2.20. The fraction of sp³-hybridized carbons (Fsp3) is 0.111. The summed E-state index contributed by atoms with van der Waals surface area (Å²) in [6, 6.07) is 12.2. The van der Waals surface area contributed by atoms with Gasteiger partial charge in [0.2, 0.25) is 0 Å². The summed E-state index contributed by atoms with van der Waals surface area (Å²) in [7, 11) is 0. The quantitative estimate of drug-likeness (QED) is 0.501. The summed E-state index contributed by atoms with van der Waals surface area (Å²) in [4.78, 5) is 22.7. The number of anilines is 1. The van der Waals surface area contributed by atoms with E-state index in [0.717, 1.165) is 10.0 Å². The van der Waals surface area contributed by atoms with Crippen molar-refractivity contribution in [3.8, 4) is 0 Å². The van der Waals surface area contributed by atoms with E-state index in [1.807, 2.05) is 24.3 Å².